The van der Waals surface area contributed by atoms with Gasteiger partial charge in [0.25, 0.3) is 0 Å². The van der Waals surface area contributed by atoms with Crippen molar-refractivity contribution in [2.45, 2.75) is 47.7 Å². The predicted molar refractivity (Wildman–Crippen MR) is 244 cm³/mol. The number of Topliss-reactive ketones (excluding diaryl/α,β-unsaturated/α-hetero) is 1. The van der Waals surface area contributed by atoms with Crippen LogP contribution in [0.15, 0.2) is 145 Å². The summed E-state index contributed by atoms with van der Waals surface area (Å²) in [6.45, 7) is 0. The summed E-state index contributed by atoms with van der Waals surface area (Å²) in [4.78, 5) is 32.0. The zero-order chi connectivity index (χ0) is 46.7. The monoisotopic (exact) mass is 904 g/mol. The number of phenolic OH excluding ortho intramolecular Hbond substituents is 8. The van der Waals surface area contributed by atoms with Gasteiger partial charge in [-0.3, -0.25) is 9.59 Å². The van der Waals surface area contributed by atoms with Gasteiger partial charge in [-0.05, 0) is 117 Å². The van der Waals surface area contributed by atoms with E-state index in [4.69, 9.17) is 9.47 Å². The zero-order valence-electron chi connectivity index (χ0n) is 35.7. The molecule has 0 aromatic heterocycles. The van der Waals surface area contributed by atoms with E-state index in [1.807, 2.05) is 0 Å². The Morgan fingerprint density at radius 2 is 0.897 bits per heavy atom. The molecule has 2 aliphatic heterocycles. The zero-order valence-corrected chi connectivity index (χ0v) is 35.7. The Labute approximate surface area is 387 Å². The highest BCUT2D eigenvalue weighted by Gasteiger charge is 2.76. The molecule has 12 heteroatoms. The molecule has 0 saturated heterocycles. The van der Waals surface area contributed by atoms with Crippen LogP contribution in [0.2, 0.25) is 0 Å². The fraction of sp³-hybridized carbons (Fsp3) is 0.179. The fourth-order valence-corrected chi connectivity index (χ4v) is 13.4. The van der Waals surface area contributed by atoms with Gasteiger partial charge in [-0.1, -0.05) is 48.5 Å². The van der Waals surface area contributed by atoms with E-state index < -0.39 is 64.8 Å². The van der Waals surface area contributed by atoms with Gasteiger partial charge in [-0.15, -0.1) is 0 Å². The highest BCUT2D eigenvalue weighted by molar-refractivity contribution is 6.18. The quantitative estimate of drug-likeness (QED) is 0.0759. The van der Waals surface area contributed by atoms with Gasteiger partial charge in [-0.2, -0.15) is 0 Å². The van der Waals surface area contributed by atoms with Gasteiger partial charge < -0.3 is 50.3 Å². The first-order valence-electron chi connectivity index (χ1n) is 22.4. The summed E-state index contributed by atoms with van der Waals surface area (Å²) in [5.74, 6) is -7.69. The van der Waals surface area contributed by atoms with E-state index in [0.29, 0.717) is 67.0 Å². The molecule has 13 rings (SSSR count). The van der Waals surface area contributed by atoms with Gasteiger partial charge in [0, 0.05) is 58.6 Å². The second-order valence-electron chi connectivity index (χ2n) is 18.9. The van der Waals surface area contributed by atoms with E-state index in [1.54, 1.807) is 72.8 Å². The molecule has 7 aromatic rings. The third-order valence-corrected chi connectivity index (χ3v) is 15.6. The predicted octanol–water partition coefficient (Wildman–Crippen LogP) is 9.32. The van der Waals surface area contributed by atoms with Gasteiger partial charge in [0.1, 0.15) is 69.7 Å². The van der Waals surface area contributed by atoms with Crippen molar-refractivity contribution in [3.05, 3.63) is 201 Å². The molecule has 1 saturated carbocycles. The Hall–Kier alpha value is -8.38. The van der Waals surface area contributed by atoms with Crippen LogP contribution in [0, 0.1) is 11.3 Å². The lowest BCUT2D eigenvalue weighted by molar-refractivity contribution is -0.135. The Balaban J connectivity index is 1.21. The van der Waals surface area contributed by atoms with Crippen LogP contribution in [0.4, 0.5) is 0 Å². The number of carbonyl (C=O) groups excluding carboxylic acids is 2. The number of phenols is 8. The molecule has 2 heterocycles. The maximum Gasteiger partial charge on any atom is 0.166 e. The van der Waals surface area contributed by atoms with Gasteiger partial charge in [0.2, 0.25) is 0 Å². The Bertz CT molecular complexity index is 3340. The molecular weight excluding hydrogens is 865 g/mol. The van der Waals surface area contributed by atoms with Crippen LogP contribution in [0.25, 0.3) is 0 Å². The number of hydrogen-bond donors (Lipinski definition) is 8. The molecule has 7 aromatic carbocycles. The van der Waals surface area contributed by atoms with Gasteiger partial charge in [0.15, 0.2) is 11.6 Å². The normalized spacial score (nSPS) is 27.6. The van der Waals surface area contributed by atoms with Crippen LogP contribution in [-0.2, 0) is 9.59 Å². The Morgan fingerprint density at radius 1 is 0.397 bits per heavy atom. The molecule has 4 aliphatic carbocycles. The molecular formula is C56H40O12. The van der Waals surface area contributed by atoms with Crippen molar-refractivity contribution in [2.75, 3.05) is 0 Å². The minimum atomic E-state index is -1.64. The summed E-state index contributed by atoms with van der Waals surface area (Å²) in [6.07, 6.45) is -0.143. The highest BCUT2D eigenvalue weighted by atomic mass is 16.5. The lowest BCUT2D eigenvalue weighted by Crippen LogP contribution is -2.49. The summed E-state index contributed by atoms with van der Waals surface area (Å²) < 4.78 is 13.8. The summed E-state index contributed by atoms with van der Waals surface area (Å²) in [5.41, 5.74) is 4.33. The van der Waals surface area contributed by atoms with E-state index in [9.17, 15) is 40.9 Å². The van der Waals surface area contributed by atoms with Crippen molar-refractivity contribution in [1.29, 1.82) is 0 Å². The number of hydrogen-bond acceptors (Lipinski definition) is 12. The largest absolute Gasteiger partial charge is 0.508 e. The van der Waals surface area contributed by atoms with Crippen molar-refractivity contribution in [1.82, 2.24) is 0 Å². The summed E-state index contributed by atoms with van der Waals surface area (Å²) >= 11 is 0. The van der Waals surface area contributed by atoms with Crippen molar-refractivity contribution in [2.24, 2.45) is 11.3 Å². The second kappa shape index (κ2) is 13.8. The van der Waals surface area contributed by atoms with Gasteiger partial charge >= 0.3 is 0 Å². The maximum absolute atomic E-state index is 16.7. The van der Waals surface area contributed by atoms with Crippen molar-refractivity contribution in [3.63, 3.8) is 0 Å². The van der Waals surface area contributed by atoms with Crippen LogP contribution in [0.3, 0.4) is 0 Å². The third-order valence-electron chi connectivity index (χ3n) is 15.6. The first-order chi connectivity index (χ1) is 32.8. The van der Waals surface area contributed by atoms with E-state index in [0.717, 1.165) is 0 Å². The van der Waals surface area contributed by atoms with Gasteiger partial charge in [-0.25, -0.2) is 0 Å². The molecule has 68 heavy (non-hydrogen) atoms. The molecule has 1 spiro atoms. The minimum Gasteiger partial charge on any atom is -0.508 e. The molecule has 0 radical (unpaired) electrons. The molecule has 5 unspecified atom stereocenters. The molecule has 6 aliphatic rings. The summed E-state index contributed by atoms with van der Waals surface area (Å²) in [5, 5.41) is 89.3. The fourth-order valence-electron chi connectivity index (χ4n) is 13.4. The van der Waals surface area contributed by atoms with Crippen molar-refractivity contribution >= 4 is 11.6 Å². The molecule has 1 fully saturated rings. The van der Waals surface area contributed by atoms with Crippen LogP contribution in [-0.4, -0.2) is 52.4 Å². The smallest absolute Gasteiger partial charge is 0.166 e. The number of aromatic hydroxyl groups is 8. The number of benzene rings is 7. The SMILES string of the molecule is O=C1C=C2C3c4c(cc(O)cc4C4c5c(O)cc6c(c5[C@@H]5C(c7ccc(O)cc7)C1C(=O)[C@@]25C4c1ccc(O)cc1)[C@@H](c1cc(O)cc(O)c1)[C@H](c1ccc(O)cc1)O6)O[C@H]3c1ccc(O)cc1. The summed E-state index contributed by atoms with van der Waals surface area (Å²) in [6, 6.07) is 35.0. The van der Waals surface area contributed by atoms with Crippen LogP contribution in [0.1, 0.15) is 103 Å². The van der Waals surface area contributed by atoms with E-state index in [-0.39, 0.29) is 57.5 Å². The third kappa shape index (κ3) is 5.25. The topological polar surface area (TPSA) is 214 Å². The first-order valence-corrected chi connectivity index (χ1v) is 22.4. The Morgan fingerprint density at radius 3 is 1.47 bits per heavy atom. The average Bonchev–Trinajstić information content (AvgIpc) is 3.92. The average molecular weight is 905 g/mol. The number of rotatable bonds is 5. The standard InChI is InChI=1S/C56H40O12/c57-29-9-1-24(2-10-29)42-48-38(64)22-37-46-44-36(20-35(63)21-40(44)67-54(46)27-7-15-32(60)16-8-27)45-47-39(65)23-41-49(50(47)52(42)56(37,55(48)66)51(45)25-3-11-30(58)12-4-25)43(28-17-33(61)19-34(62)18-28)53(68-41)26-5-13-31(59)14-6-26/h1-23,42-43,45-46,48,51-54,57-63,65H/t42?,43-,45?,46?,48?,51?,52+,53+,54+,56-/m1/s1. The highest BCUT2D eigenvalue weighted by Crippen LogP contribution is 2.80. The van der Waals surface area contributed by atoms with E-state index in [2.05, 4.69) is 0 Å². The lowest BCUT2D eigenvalue weighted by Gasteiger charge is -2.52. The van der Waals surface area contributed by atoms with Gasteiger partial charge in [0.05, 0.1) is 23.2 Å². The number of fused-ring (bicyclic) bond motifs is 9. The van der Waals surface area contributed by atoms with Crippen LogP contribution >= 0.6 is 0 Å². The summed E-state index contributed by atoms with van der Waals surface area (Å²) in [7, 11) is 0. The molecule has 0 amide bonds. The Kier molecular flexibility index (Phi) is 8.12. The molecule has 8 N–H and O–H groups in total. The molecule has 10 atom stereocenters. The van der Waals surface area contributed by atoms with Crippen LogP contribution in [0.5, 0.6) is 57.5 Å². The second-order valence-corrected chi connectivity index (χ2v) is 18.9. The van der Waals surface area contributed by atoms with E-state index in [1.165, 1.54) is 66.7 Å². The van der Waals surface area contributed by atoms with E-state index >= 15 is 9.59 Å². The first kappa shape index (κ1) is 39.9. The molecule has 336 valence electrons. The number of ether oxygens (including phenoxy) is 2. The maximum atomic E-state index is 16.7. The van der Waals surface area contributed by atoms with Crippen LogP contribution < -0.4 is 9.47 Å². The minimum absolute atomic E-state index is 0.0126. The van der Waals surface area contributed by atoms with Crippen molar-refractivity contribution < 1.29 is 59.9 Å². The molecule has 3 bridgehead atoms. The number of allylic oxidation sites excluding steroid dienone is 1. The number of carbonyl (C=O) groups is 2. The molecule has 12 nitrogen and oxygen atoms in total. The van der Waals surface area contributed by atoms with Crippen molar-refractivity contribution in [3.8, 4) is 57.5 Å². The number of ketones is 2. The lowest BCUT2D eigenvalue weighted by atomic mass is 9.48.